The molecule has 0 spiro atoms. The molecule has 0 saturated heterocycles. The van der Waals surface area contributed by atoms with E-state index in [0.717, 1.165) is 6.54 Å². The highest BCUT2D eigenvalue weighted by Gasteiger charge is 2.05. The van der Waals surface area contributed by atoms with Gasteiger partial charge in [-0.1, -0.05) is 13.8 Å². The van der Waals surface area contributed by atoms with Crippen LogP contribution in [-0.4, -0.2) is 83.1 Å². The molecule has 0 rings (SSSR count). The van der Waals surface area contributed by atoms with Gasteiger partial charge in [0.25, 0.3) is 0 Å². The topological polar surface area (TPSA) is 78.1 Å². The molecule has 0 aromatic heterocycles. The van der Waals surface area contributed by atoms with Crippen molar-refractivity contribution in [1.29, 1.82) is 0 Å². The quantitative estimate of drug-likeness (QED) is 0.257. The van der Waals surface area contributed by atoms with Crippen LogP contribution in [-0.2, 0) is 23.7 Å². The second kappa shape index (κ2) is 17.4. The average Bonchev–Trinajstić information content (AvgIpc) is 2.53. The van der Waals surface area contributed by atoms with E-state index in [4.69, 9.17) is 18.9 Å². The number of carbonyl (C=O) groups excluding carboxylic acids is 1. The molecule has 1 unspecified atom stereocenters. The predicted molar refractivity (Wildman–Crippen MR) is 97.9 cm³/mol. The summed E-state index contributed by atoms with van der Waals surface area (Å²) < 4.78 is 21.5. The summed E-state index contributed by atoms with van der Waals surface area (Å²) >= 11 is 4.03. The average molecular weight is 367 g/mol. The summed E-state index contributed by atoms with van der Waals surface area (Å²) in [6, 6.07) is 0.487. The van der Waals surface area contributed by atoms with Gasteiger partial charge in [-0.2, -0.15) is 12.6 Å². The monoisotopic (exact) mass is 366 g/mol. The Labute approximate surface area is 151 Å². The molecular weight excluding hydrogens is 332 g/mol. The molecule has 7 nitrogen and oxygen atoms in total. The summed E-state index contributed by atoms with van der Waals surface area (Å²) in [6.45, 7) is 11.7. The normalized spacial score (nSPS) is 12.5. The van der Waals surface area contributed by atoms with Gasteiger partial charge < -0.3 is 29.6 Å². The zero-order valence-corrected chi connectivity index (χ0v) is 16.1. The van der Waals surface area contributed by atoms with E-state index in [-0.39, 0.29) is 11.2 Å². The Morgan fingerprint density at radius 2 is 1.21 bits per heavy atom. The molecule has 0 bridgehead atoms. The van der Waals surface area contributed by atoms with Crippen LogP contribution in [0.15, 0.2) is 0 Å². The zero-order chi connectivity index (χ0) is 18.0. The minimum absolute atomic E-state index is 0.0875. The Balaban J connectivity index is 3.06. The smallest absolute Gasteiger partial charge is 0.232 e. The van der Waals surface area contributed by atoms with Gasteiger partial charge in [-0.15, -0.1) is 0 Å². The second-order valence-electron chi connectivity index (χ2n) is 5.53. The van der Waals surface area contributed by atoms with Gasteiger partial charge in [0.05, 0.1) is 58.1 Å². The molecule has 0 radical (unpaired) electrons. The molecule has 0 saturated carbocycles. The van der Waals surface area contributed by atoms with E-state index in [0.29, 0.717) is 65.4 Å². The van der Waals surface area contributed by atoms with Crippen molar-refractivity contribution < 1.29 is 23.7 Å². The number of rotatable bonds is 17. The Kier molecular flexibility index (Phi) is 17.2. The molecule has 144 valence electrons. The van der Waals surface area contributed by atoms with Crippen LogP contribution in [0.4, 0.5) is 0 Å². The van der Waals surface area contributed by atoms with Crippen molar-refractivity contribution in [1.82, 2.24) is 10.6 Å². The van der Waals surface area contributed by atoms with Crippen molar-refractivity contribution in [2.45, 2.75) is 32.1 Å². The van der Waals surface area contributed by atoms with Crippen molar-refractivity contribution in [2.24, 2.45) is 0 Å². The highest BCUT2D eigenvalue weighted by Crippen LogP contribution is 1.90. The van der Waals surface area contributed by atoms with Crippen LogP contribution >= 0.6 is 12.6 Å². The van der Waals surface area contributed by atoms with E-state index >= 15 is 0 Å². The van der Waals surface area contributed by atoms with Gasteiger partial charge in [0.15, 0.2) is 0 Å². The van der Waals surface area contributed by atoms with Gasteiger partial charge in [0, 0.05) is 19.1 Å². The van der Waals surface area contributed by atoms with Crippen molar-refractivity contribution >= 4 is 18.5 Å². The first-order valence-electron chi connectivity index (χ1n) is 8.54. The fourth-order valence-corrected chi connectivity index (χ4v) is 1.67. The van der Waals surface area contributed by atoms with E-state index in [1.54, 1.807) is 6.92 Å². The third-order valence-corrected chi connectivity index (χ3v) is 3.07. The first-order valence-corrected chi connectivity index (χ1v) is 9.05. The fraction of sp³-hybridized carbons (Fsp3) is 0.938. The van der Waals surface area contributed by atoms with Gasteiger partial charge in [-0.05, 0) is 6.92 Å². The predicted octanol–water partition coefficient (Wildman–Crippen LogP) is 0.485. The largest absolute Gasteiger partial charge is 0.378 e. The molecule has 24 heavy (non-hydrogen) atoms. The third-order valence-electron chi connectivity index (χ3n) is 2.84. The maximum atomic E-state index is 11.2. The summed E-state index contributed by atoms with van der Waals surface area (Å²) in [7, 11) is 0. The van der Waals surface area contributed by atoms with Crippen LogP contribution in [0.25, 0.3) is 0 Å². The van der Waals surface area contributed by atoms with E-state index < -0.39 is 0 Å². The first kappa shape index (κ1) is 23.6. The SMILES string of the molecule is CC(C)NCCOCCOCCOCCOCCNC(=O)C(C)S. The van der Waals surface area contributed by atoms with Gasteiger partial charge in [-0.25, -0.2) is 0 Å². The number of nitrogens with one attached hydrogen (secondary N) is 2. The highest BCUT2D eigenvalue weighted by atomic mass is 32.1. The van der Waals surface area contributed by atoms with Crippen LogP contribution in [0, 0.1) is 0 Å². The Morgan fingerprint density at radius 1 is 0.792 bits per heavy atom. The first-order chi connectivity index (χ1) is 11.5. The Bertz CT molecular complexity index is 294. The maximum Gasteiger partial charge on any atom is 0.232 e. The number of ether oxygens (including phenoxy) is 4. The summed E-state index contributed by atoms with van der Waals surface area (Å²) in [5, 5.41) is 5.70. The second-order valence-corrected chi connectivity index (χ2v) is 6.30. The van der Waals surface area contributed by atoms with Gasteiger partial charge >= 0.3 is 0 Å². The molecule has 2 N–H and O–H groups in total. The molecule has 0 aromatic carbocycles. The summed E-state index contributed by atoms with van der Waals surface area (Å²) in [4.78, 5) is 11.2. The lowest BCUT2D eigenvalue weighted by atomic mass is 10.4. The summed E-state index contributed by atoms with van der Waals surface area (Å²) in [5.74, 6) is -0.0875. The van der Waals surface area contributed by atoms with Crippen molar-refractivity contribution in [3.63, 3.8) is 0 Å². The molecule has 1 amide bonds. The van der Waals surface area contributed by atoms with E-state index in [1.807, 2.05) is 0 Å². The molecule has 0 aliphatic carbocycles. The van der Waals surface area contributed by atoms with E-state index in [1.165, 1.54) is 0 Å². The van der Waals surface area contributed by atoms with Crippen LogP contribution in [0.2, 0.25) is 0 Å². The highest BCUT2D eigenvalue weighted by molar-refractivity contribution is 7.81. The molecule has 0 heterocycles. The fourth-order valence-electron chi connectivity index (χ4n) is 1.58. The lowest BCUT2D eigenvalue weighted by Crippen LogP contribution is -2.32. The Hall–Kier alpha value is -0.380. The maximum absolute atomic E-state index is 11.2. The third kappa shape index (κ3) is 18.0. The number of thiol groups is 1. The van der Waals surface area contributed by atoms with Crippen molar-refractivity contribution in [3.8, 4) is 0 Å². The number of hydrogen-bond acceptors (Lipinski definition) is 7. The number of carbonyl (C=O) groups is 1. The number of amides is 1. The molecule has 0 fully saturated rings. The molecule has 8 heteroatoms. The minimum Gasteiger partial charge on any atom is -0.378 e. The molecule has 0 aliphatic heterocycles. The lowest BCUT2D eigenvalue weighted by molar-refractivity contribution is -0.120. The lowest BCUT2D eigenvalue weighted by Gasteiger charge is -2.09. The van der Waals surface area contributed by atoms with Crippen LogP contribution in [0.1, 0.15) is 20.8 Å². The van der Waals surface area contributed by atoms with E-state index in [9.17, 15) is 4.79 Å². The number of hydrogen-bond donors (Lipinski definition) is 3. The van der Waals surface area contributed by atoms with Crippen LogP contribution in [0.3, 0.4) is 0 Å². The Morgan fingerprint density at radius 3 is 1.62 bits per heavy atom. The zero-order valence-electron chi connectivity index (χ0n) is 15.2. The molecule has 1 atom stereocenters. The summed E-state index contributed by atoms with van der Waals surface area (Å²) in [6.07, 6.45) is 0. The van der Waals surface area contributed by atoms with Crippen LogP contribution < -0.4 is 10.6 Å². The minimum atomic E-state index is -0.296. The standard InChI is InChI=1S/C16H34N2O5S/c1-14(2)17-4-6-20-8-10-22-12-13-23-11-9-21-7-5-18-16(19)15(3)24/h14-15,17,24H,4-13H2,1-3H3,(H,18,19). The molecule has 0 aromatic rings. The molecular formula is C16H34N2O5S. The van der Waals surface area contributed by atoms with Crippen LogP contribution in [0.5, 0.6) is 0 Å². The van der Waals surface area contributed by atoms with Crippen molar-refractivity contribution in [2.75, 3.05) is 65.9 Å². The van der Waals surface area contributed by atoms with E-state index in [2.05, 4.69) is 37.1 Å². The molecule has 0 aliphatic rings. The van der Waals surface area contributed by atoms with Gasteiger partial charge in [0.2, 0.25) is 5.91 Å². The summed E-state index contributed by atoms with van der Waals surface area (Å²) in [5.41, 5.74) is 0. The van der Waals surface area contributed by atoms with Gasteiger partial charge in [-0.3, -0.25) is 4.79 Å². The van der Waals surface area contributed by atoms with Crippen molar-refractivity contribution in [3.05, 3.63) is 0 Å². The van der Waals surface area contributed by atoms with Gasteiger partial charge in [0.1, 0.15) is 0 Å².